The number of amides is 6. The van der Waals surface area contributed by atoms with Gasteiger partial charge in [-0.25, -0.2) is 18.0 Å². The van der Waals surface area contributed by atoms with Crippen LogP contribution in [0.25, 0.3) is 32.9 Å². The van der Waals surface area contributed by atoms with Crippen LogP contribution >= 0.6 is 0 Å². The predicted molar refractivity (Wildman–Crippen MR) is 319 cm³/mol. The number of anilines is 1. The molecule has 3 fully saturated rings. The number of benzene rings is 2. The lowest BCUT2D eigenvalue weighted by Gasteiger charge is -2.39. The van der Waals surface area contributed by atoms with E-state index in [1.54, 1.807) is 59.3 Å². The van der Waals surface area contributed by atoms with Crippen molar-refractivity contribution in [1.82, 2.24) is 65.1 Å². The summed E-state index contributed by atoms with van der Waals surface area (Å²) in [7, 11) is 1.20. The van der Waals surface area contributed by atoms with Crippen LogP contribution in [0.3, 0.4) is 0 Å². The molecule has 2 saturated heterocycles. The molecule has 91 heavy (non-hydrogen) atoms. The lowest BCUT2D eigenvalue weighted by molar-refractivity contribution is -0.142. The summed E-state index contributed by atoms with van der Waals surface area (Å²) in [6, 6.07) is 8.49. The third-order valence-corrected chi connectivity index (χ3v) is 18.2. The van der Waals surface area contributed by atoms with Crippen molar-refractivity contribution in [3.63, 3.8) is 0 Å². The molecule has 2 unspecified atom stereocenters. The third kappa shape index (κ3) is 14.0. The highest BCUT2D eigenvalue weighted by atomic mass is 19.3. The number of esters is 1. The van der Waals surface area contributed by atoms with Crippen molar-refractivity contribution in [3.8, 4) is 11.1 Å². The van der Waals surface area contributed by atoms with Gasteiger partial charge in [-0.05, 0) is 43.0 Å². The summed E-state index contributed by atoms with van der Waals surface area (Å²) >= 11 is 0. The number of nitrogens with one attached hydrogen (secondary N) is 5. The molecule has 2 aromatic carbocycles. The number of hydrogen-bond donors (Lipinski definition) is 5. The van der Waals surface area contributed by atoms with Crippen LogP contribution in [0.4, 0.5) is 18.9 Å². The molecule has 6 aliphatic rings. The van der Waals surface area contributed by atoms with Gasteiger partial charge in [0.1, 0.15) is 37.5 Å². The van der Waals surface area contributed by atoms with Crippen molar-refractivity contribution in [1.29, 1.82) is 0 Å². The lowest BCUT2D eigenvalue weighted by Crippen LogP contribution is -2.65. The average molecular weight is 1270 g/mol. The van der Waals surface area contributed by atoms with Crippen molar-refractivity contribution < 1.29 is 75.2 Å². The minimum absolute atomic E-state index is 0.00368. The molecule has 4 aromatic heterocycles. The zero-order valence-electron chi connectivity index (χ0n) is 50.9. The highest BCUT2D eigenvalue weighted by molar-refractivity contribution is 6.04. The Balaban J connectivity index is 0.517. The number of aromatic nitrogens is 8. The van der Waals surface area contributed by atoms with Crippen LogP contribution in [0, 0.1) is 17.2 Å². The highest BCUT2D eigenvalue weighted by Gasteiger charge is 2.78. The number of alkyl halides is 2. The molecular weight excluding hydrogens is 1190 g/mol. The minimum atomic E-state index is -2.75. The Morgan fingerprint density at radius 2 is 1.45 bits per heavy atom. The van der Waals surface area contributed by atoms with E-state index >= 15 is 4.39 Å². The molecule has 4 aliphatic heterocycles. The second-order valence-corrected chi connectivity index (χ2v) is 23.8. The quantitative estimate of drug-likeness (QED) is 0.0246. The standard InChI is InChI=1S/C61H75F3N14O13/c1-60-31-46-44(30-49(60)61(60,63)64)58(72-71-46)59(85)70-40-33-68-75(36-40)41-8-14-74(15-9-41)53(82)12-18-87-20-22-89-24-26-91-27-25-90-23-21-88-19-13-65-50(79)6-7-54(83)78-16-10-38(11-17-78)57-56-42(43-29-48-39(28-45(43)62)32-69-77(48)78)4-3-5-47(56)76(73-57)37-52(81)66-34-51(80)67-35-55(84)86-2/h3-5,28-29,32-33,36,38,41,49H,6-27,30-31,34-35,37H2,1-2H3,(H4-,65,66,67,70,71,72,79,80,81,85)/p+1. The summed E-state index contributed by atoms with van der Waals surface area (Å²) in [6.45, 7) is 5.80. The predicted octanol–water partition coefficient (Wildman–Crippen LogP) is 3.23. The van der Waals surface area contributed by atoms with E-state index in [2.05, 4.69) is 46.4 Å². The van der Waals surface area contributed by atoms with Crippen molar-refractivity contribution in [2.45, 2.75) is 89.1 Å². The molecule has 488 valence electrons. The van der Waals surface area contributed by atoms with E-state index in [0.29, 0.717) is 155 Å². The average Bonchev–Trinajstić information content (AvgIpc) is 1.51. The molecule has 6 amide bonds. The number of methoxy groups -OCH3 is 1. The molecule has 6 aromatic rings. The van der Waals surface area contributed by atoms with Crippen molar-refractivity contribution in [2.75, 3.05) is 124 Å². The van der Waals surface area contributed by atoms with Crippen molar-refractivity contribution in [3.05, 3.63) is 77.4 Å². The number of halogens is 3. The van der Waals surface area contributed by atoms with Crippen LogP contribution in [0.1, 0.15) is 91.3 Å². The fourth-order valence-electron chi connectivity index (χ4n) is 13.0. The van der Waals surface area contributed by atoms with Gasteiger partial charge in [0.25, 0.3) is 11.8 Å². The van der Waals surface area contributed by atoms with Crippen LogP contribution in [0.2, 0.25) is 0 Å². The minimum Gasteiger partial charge on any atom is -0.468 e. The number of quaternary nitrogens is 1. The van der Waals surface area contributed by atoms with Crippen LogP contribution in [0.5, 0.6) is 0 Å². The van der Waals surface area contributed by atoms with Gasteiger partial charge in [0.2, 0.25) is 23.6 Å². The number of fused-ring (bicyclic) bond motifs is 4. The summed E-state index contributed by atoms with van der Waals surface area (Å²) in [4.78, 5) is 93.9. The molecule has 8 heterocycles. The Morgan fingerprint density at radius 3 is 2.16 bits per heavy atom. The molecule has 0 spiro atoms. The molecule has 2 atom stereocenters. The van der Waals surface area contributed by atoms with E-state index in [-0.39, 0.29) is 117 Å². The summed E-state index contributed by atoms with van der Waals surface area (Å²) in [5.41, 5.74) is 3.30. The van der Waals surface area contributed by atoms with Gasteiger partial charge >= 0.3 is 11.9 Å². The molecule has 2 aliphatic carbocycles. The number of nitrogens with zero attached hydrogens (tertiary/aromatic N) is 9. The van der Waals surface area contributed by atoms with Gasteiger partial charge in [0.15, 0.2) is 5.69 Å². The fourth-order valence-corrected chi connectivity index (χ4v) is 13.0. The number of aromatic amines is 1. The van der Waals surface area contributed by atoms with Crippen LogP contribution < -0.4 is 25.9 Å². The largest absolute Gasteiger partial charge is 0.468 e. The second kappa shape index (κ2) is 28.1. The zero-order chi connectivity index (χ0) is 63.9. The summed E-state index contributed by atoms with van der Waals surface area (Å²) < 4.78 is 80.6. The topological polar surface area (TPSA) is 308 Å². The van der Waals surface area contributed by atoms with Gasteiger partial charge in [0, 0.05) is 96.4 Å². The highest BCUT2D eigenvalue weighted by Crippen LogP contribution is 2.70. The fraction of sp³-hybridized carbons (Fsp3) is 0.557. The Hall–Kier alpha value is -8.16. The molecule has 27 nitrogen and oxygen atoms in total. The molecular formula is C61H76F3N14O13+. The number of piperidine rings is 2. The SMILES string of the molecule is COC(=O)CNC(=O)CNC(=O)Cn1nc2c3c(cccc31)-c1cc3c(cnn3[N+]3(C(=O)CCC(=O)NCCOCCOCCOCCOCCOCCC(=O)N4CCC(n5cc(NC(=O)c6n[nH]c7c6CC6C(F)(F)C6(C)C7)cn5)CC4)CCC2CC3)cc1F. The van der Waals surface area contributed by atoms with Crippen LogP contribution in [-0.2, 0) is 76.6 Å². The lowest BCUT2D eigenvalue weighted by atomic mass is 9.87. The number of H-pyrrole nitrogens is 1. The first-order valence-corrected chi connectivity index (χ1v) is 30.9. The van der Waals surface area contributed by atoms with Gasteiger partial charge in [0.05, 0.1) is 128 Å². The van der Waals surface area contributed by atoms with Crippen LogP contribution in [-0.4, -0.2) is 211 Å². The smallest absolute Gasteiger partial charge is 0.340 e. The summed E-state index contributed by atoms with van der Waals surface area (Å²) in [5, 5.41) is 32.7. The number of likely N-dealkylation sites (tertiary alicyclic amines) is 1. The number of hydrogen-bond acceptors (Lipinski definition) is 17. The Kier molecular flexibility index (Phi) is 19.9. The molecule has 30 heteroatoms. The van der Waals surface area contributed by atoms with E-state index < -0.39 is 46.8 Å². The van der Waals surface area contributed by atoms with E-state index in [4.69, 9.17) is 28.8 Å². The maximum atomic E-state index is 16.2. The maximum Gasteiger partial charge on any atom is 0.340 e. The van der Waals surface area contributed by atoms with Gasteiger partial charge < -0.3 is 54.6 Å². The first kappa shape index (κ1) is 64.4. The van der Waals surface area contributed by atoms with Gasteiger partial charge in [-0.3, -0.25) is 43.2 Å². The summed E-state index contributed by atoms with van der Waals surface area (Å²) in [5.74, 6) is -6.95. The normalized spacial score (nSPS) is 20.4. The number of carbonyl (C=O) groups is 7. The first-order valence-electron chi connectivity index (χ1n) is 30.9. The number of carbonyl (C=O) groups excluding carboxylic acids is 7. The maximum absolute atomic E-state index is 16.2. The third-order valence-electron chi connectivity index (χ3n) is 18.2. The Morgan fingerprint density at radius 1 is 0.758 bits per heavy atom. The van der Waals surface area contributed by atoms with E-state index in [1.807, 2.05) is 4.90 Å². The molecule has 0 radical (unpaired) electrons. The molecule has 1 saturated carbocycles. The first-order chi connectivity index (χ1) is 44.0. The zero-order valence-corrected chi connectivity index (χ0v) is 50.9. The number of rotatable bonds is 30. The monoisotopic (exact) mass is 1270 g/mol. The molecule has 5 N–H and O–H groups in total. The van der Waals surface area contributed by atoms with E-state index in [9.17, 15) is 42.3 Å². The van der Waals surface area contributed by atoms with Crippen molar-refractivity contribution in [2.24, 2.45) is 11.3 Å². The van der Waals surface area contributed by atoms with E-state index in [0.717, 1.165) is 0 Å². The Labute approximate surface area is 520 Å². The van der Waals surface area contributed by atoms with Gasteiger partial charge in [-0.1, -0.05) is 23.8 Å². The van der Waals surface area contributed by atoms with Gasteiger partial charge in [-0.2, -0.15) is 15.3 Å². The summed E-state index contributed by atoms with van der Waals surface area (Å²) in [6.07, 6.45) is 7.55. The van der Waals surface area contributed by atoms with Crippen molar-refractivity contribution >= 4 is 68.9 Å². The van der Waals surface area contributed by atoms with E-state index in [1.165, 1.54) is 17.9 Å². The number of ether oxygens (including phenoxy) is 6. The second-order valence-electron chi connectivity index (χ2n) is 23.8. The Bertz CT molecular complexity index is 3660. The molecule has 4 bridgehead atoms. The molecule has 12 rings (SSSR count). The van der Waals surface area contributed by atoms with Gasteiger partial charge in [-0.15, -0.1) is 9.69 Å². The van der Waals surface area contributed by atoms with Crippen LogP contribution in [0.15, 0.2) is 48.9 Å².